The summed E-state index contributed by atoms with van der Waals surface area (Å²) in [6, 6.07) is 0.228. The van der Waals surface area contributed by atoms with Crippen LogP contribution in [0.5, 0.6) is 0 Å². The molecule has 0 aromatic carbocycles. The predicted molar refractivity (Wildman–Crippen MR) is 64.3 cm³/mol. The fourth-order valence-electron chi connectivity index (χ4n) is 1.58. The van der Waals surface area contributed by atoms with Gasteiger partial charge >= 0.3 is 5.97 Å². The van der Waals surface area contributed by atoms with Crippen LogP contribution in [0.2, 0.25) is 0 Å². The maximum Gasteiger partial charge on any atom is 0.307 e. The summed E-state index contributed by atoms with van der Waals surface area (Å²) in [7, 11) is 1.42. The molecule has 1 aliphatic rings. The summed E-state index contributed by atoms with van der Waals surface area (Å²) in [5.74, 6) is 1.88. The number of halogens is 1. The van der Waals surface area contributed by atoms with E-state index in [1.165, 1.54) is 7.11 Å². The Morgan fingerprint density at radius 3 is 3.07 bits per heavy atom. The summed E-state index contributed by atoms with van der Waals surface area (Å²) in [6.07, 6.45) is 0.438. The molecule has 5 heteroatoms. The zero-order valence-electron chi connectivity index (χ0n) is 8.87. The molecule has 0 aromatic rings. The summed E-state index contributed by atoms with van der Waals surface area (Å²) >= 11 is 7.65. The molecule has 3 nitrogen and oxygen atoms in total. The van der Waals surface area contributed by atoms with Crippen LogP contribution in [-0.2, 0) is 9.53 Å². The summed E-state index contributed by atoms with van der Waals surface area (Å²) in [4.78, 5) is 13.4. The van der Waals surface area contributed by atoms with E-state index in [4.69, 9.17) is 11.6 Å². The van der Waals surface area contributed by atoms with Gasteiger partial charge in [-0.2, -0.15) is 11.8 Å². The summed E-state index contributed by atoms with van der Waals surface area (Å²) in [5, 5.41) is 0.622. The minimum atomic E-state index is -0.160. The number of carbonyl (C=O) groups excluding carboxylic acids is 1. The third-order valence-electron chi connectivity index (χ3n) is 2.35. The third-order valence-corrected chi connectivity index (χ3v) is 3.57. The van der Waals surface area contributed by atoms with Crippen molar-refractivity contribution in [1.82, 2.24) is 4.90 Å². The summed E-state index contributed by atoms with van der Waals surface area (Å²) < 4.78 is 4.68. The molecule has 0 N–H and O–H groups in total. The average molecular weight is 250 g/mol. The van der Waals surface area contributed by atoms with Crippen molar-refractivity contribution >= 4 is 29.3 Å². The number of ether oxygens (including phenoxy) is 1. The fourth-order valence-corrected chi connectivity index (χ4v) is 2.87. The minimum absolute atomic E-state index is 0.160. The third kappa shape index (κ3) is 4.45. The van der Waals surface area contributed by atoms with E-state index in [0.29, 0.717) is 18.0 Å². The molecule has 1 heterocycles. The second-order valence-corrected chi connectivity index (χ2v) is 5.18. The van der Waals surface area contributed by atoms with Crippen LogP contribution in [0.25, 0.3) is 0 Å². The van der Waals surface area contributed by atoms with E-state index in [0.717, 1.165) is 18.1 Å². The van der Waals surface area contributed by atoms with E-state index in [9.17, 15) is 4.79 Å². The Morgan fingerprint density at radius 1 is 1.73 bits per heavy atom. The standard InChI is InChI=1S/C10H16ClNO2S/c1-8(11)6-12-3-4-15-7-9(12)5-10(13)14-2/h9H,1,3-7H2,2H3/t9-/m1/s1. The highest BCUT2D eigenvalue weighted by atomic mass is 35.5. The Morgan fingerprint density at radius 2 is 2.47 bits per heavy atom. The topological polar surface area (TPSA) is 29.5 Å². The van der Waals surface area contributed by atoms with Gasteiger partial charge in [0.15, 0.2) is 0 Å². The maximum atomic E-state index is 11.2. The molecule has 0 amide bonds. The number of esters is 1. The minimum Gasteiger partial charge on any atom is -0.469 e. The lowest BCUT2D eigenvalue weighted by Gasteiger charge is -2.34. The van der Waals surface area contributed by atoms with Gasteiger partial charge in [0.1, 0.15) is 0 Å². The van der Waals surface area contributed by atoms with Gasteiger partial charge in [-0.1, -0.05) is 18.2 Å². The lowest BCUT2D eigenvalue weighted by Crippen LogP contribution is -2.44. The number of methoxy groups -OCH3 is 1. The van der Waals surface area contributed by atoms with Crippen LogP contribution in [-0.4, -0.2) is 48.6 Å². The van der Waals surface area contributed by atoms with Gasteiger partial charge in [0.2, 0.25) is 0 Å². The van der Waals surface area contributed by atoms with Gasteiger partial charge in [-0.15, -0.1) is 0 Å². The molecular weight excluding hydrogens is 234 g/mol. The SMILES string of the molecule is C=C(Cl)CN1CCSC[C@H]1CC(=O)OC. The number of hydrogen-bond acceptors (Lipinski definition) is 4. The van der Waals surface area contributed by atoms with E-state index >= 15 is 0 Å². The normalized spacial score (nSPS) is 22.4. The quantitative estimate of drug-likeness (QED) is 0.710. The molecule has 1 rings (SSSR count). The Hall–Kier alpha value is -0.190. The van der Waals surface area contributed by atoms with Crippen LogP contribution in [0.1, 0.15) is 6.42 Å². The van der Waals surface area contributed by atoms with Crippen molar-refractivity contribution in [3.05, 3.63) is 11.6 Å². The van der Waals surface area contributed by atoms with Crippen molar-refractivity contribution in [2.75, 3.05) is 31.7 Å². The molecule has 15 heavy (non-hydrogen) atoms. The number of hydrogen-bond donors (Lipinski definition) is 0. The lowest BCUT2D eigenvalue weighted by atomic mass is 10.2. The monoisotopic (exact) mass is 249 g/mol. The van der Waals surface area contributed by atoms with Gasteiger partial charge in [-0.05, 0) is 0 Å². The highest BCUT2D eigenvalue weighted by Crippen LogP contribution is 2.20. The molecule has 0 bridgehead atoms. The lowest BCUT2D eigenvalue weighted by molar-refractivity contribution is -0.141. The molecule has 0 unspecified atom stereocenters. The first-order valence-corrected chi connectivity index (χ1v) is 6.38. The zero-order valence-corrected chi connectivity index (χ0v) is 10.4. The molecule has 1 fully saturated rings. The van der Waals surface area contributed by atoms with Crippen LogP contribution in [0.4, 0.5) is 0 Å². The highest BCUT2D eigenvalue weighted by molar-refractivity contribution is 7.99. The second kappa shape index (κ2) is 6.40. The van der Waals surface area contributed by atoms with Crippen LogP contribution < -0.4 is 0 Å². The molecular formula is C10H16ClNO2S. The summed E-state index contributed by atoms with van der Waals surface area (Å²) in [6.45, 7) is 5.30. The molecule has 0 spiro atoms. The van der Waals surface area contributed by atoms with Crippen molar-refractivity contribution in [3.63, 3.8) is 0 Å². The Kier molecular flexibility index (Phi) is 5.50. The highest BCUT2D eigenvalue weighted by Gasteiger charge is 2.25. The molecule has 1 aliphatic heterocycles. The first kappa shape index (κ1) is 12.9. The predicted octanol–water partition coefficient (Wildman–Crippen LogP) is 1.72. The molecule has 0 saturated carbocycles. The number of rotatable bonds is 4. The van der Waals surface area contributed by atoms with E-state index in [2.05, 4.69) is 16.2 Å². The van der Waals surface area contributed by atoms with Crippen LogP contribution in [0.15, 0.2) is 11.6 Å². The van der Waals surface area contributed by atoms with E-state index in [1.54, 1.807) is 0 Å². The van der Waals surface area contributed by atoms with Crippen LogP contribution >= 0.6 is 23.4 Å². The van der Waals surface area contributed by atoms with Crippen molar-refractivity contribution in [2.24, 2.45) is 0 Å². The van der Waals surface area contributed by atoms with Crippen LogP contribution in [0.3, 0.4) is 0 Å². The van der Waals surface area contributed by atoms with Crippen molar-refractivity contribution in [3.8, 4) is 0 Å². The van der Waals surface area contributed by atoms with Gasteiger partial charge in [0.25, 0.3) is 0 Å². The summed E-state index contributed by atoms with van der Waals surface area (Å²) in [5.41, 5.74) is 0. The van der Waals surface area contributed by atoms with Crippen molar-refractivity contribution in [2.45, 2.75) is 12.5 Å². The molecule has 0 radical (unpaired) electrons. The largest absolute Gasteiger partial charge is 0.469 e. The van der Waals surface area contributed by atoms with Gasteiger partial charge in [0.05, 0.1) is 13.5 Å². The maximum absolute atomic E-state index is 11.2. The molecule has 86 valence electrons. The van der Waals surface area contributed by atoms with Gasteiger partial charge < -0.3 is 4.74 Å². The van der Waals surface area contributed by atoms with Gasteiger partial charge in [0, 0.05) is 35.7 Å². The van der Waals surface area contributed by atoms with Gasteiger partial charge in [-0.3, -0.25) is 9.69 Å². The Balaban J connectivity index is 2.49. The Labute approximate surface area is 99.8 Å². The zero-order chi connectivity index (χ0) is 11.3. The van der Waals surface area contributed by atoms with E-state index in [1.807, 2.05) is 11.8 Å². The van der Waals surface area contributed by atoms with E-state index < -0.39 is 0 Å². The number of thioether (sulfide) groups is 1. The fraction of sp³-hybridized carbons (Fsp3) is 0.700. The van der Waals surface area contributed by atoms with Crippen molar-refractivity contribution < 1.29 is 9.53 Å². The average Bonchev–Trinajstić information content (AvgIpc) is 2.20. The van der Waals surface area contributed by atoms with Gasteiger partial charge in [-0.25, -0.2) is 0 Å². The van der Waals surface area contributed by atoms with Crippen LogP contribution in [0, 0.1) is 0 Å². The molecule has 0 aromatic heterocycles. The second-order valence-electron chi connectivity index (χ2n) is 3.50. The van der Waals surface area contributed by atoms with Crippen molar-refractivity contribution in [1.29, 1.82) is 0 Å². The molecule has 1 atom stereocenters. The molecule has 0 aliphatic carbocycles. The number of carbonyl (C=O) groups is 1. The Bertz CT molecular complexity index is 248. The first-order valence-electron chi connectivity index (χ1n) is 4.85. The first-order chi connectivity index (χ1) is 7.13. The smallest absolute Gasteiger partial charge is 0.307 e. The molecule has 1 saturated heterocycles. The van der Waals surface area contributed by atoms with E-state index in [-0.39, 0.29) is 12.0 Å². The number of nitrogens with zero attached hydrogens (tertiary/aromatic N) is 1.